The normalized spacial score (nSPS) is 29.7. The molecule has 2 heterocycles. The molecular formula is C12H25N3O2S2. The third-order valence-corrected chi connectivity index (χ3v) is 6.67. The van der Waals surface area contributed by atoms with Crippen LogP contribution in [0, 0.1) is 11.8 Å². The molecule has 2 aliphatic heterocycles. The quantitative estimate of drug-likeness (QED) is 0.750. The topological polar surface area (TPSA) is 61.4 Å². The lowest BCUT2D eigenvalue weighted by Crippen LogP contribution is -2.48. The van der Waals surface area contributed by atoms with Gasteiger partial charge in [0.2, 0.25) is 0 Å². The molecule has 7 heteroatoms. The van der Waals surface area contributed by atoms with Gasteiger partial charge in [0.1, 0.15) is 0 Å². The van der Waals surface area contributed by atoms with Crippen LogP contribution in [0.1, 0.15) is 19.3 Å². The van der Waals surface area contributed by atoms with Crippen LogP contribution in [-0.2, 0) is 10.2 Å². The van der Waals surface area contributed by atoms with Gasteiger partial charge in [-0.25, -0.2) is 4.72 Å². The van der Waals surface area contributed by atoms with Gasteiger partial charge in [-0.15, -0.1) is 0 Å². The Morgan fingerprint density at radius 2 is 2.11 bits per heavy atom. The van der Waals surface area contributed by atoms with E-state index < -0.39 is 10.2 Å². The number of hydrogen-bond donors (Lipinski definition) is 2. The van der Waals surface area contributed by atoms with Gasteiger partial charge in [0.05, 0.1) is 0 Å². The summed E-state index contributed by atoms with van der Waals surface area (Å²) in [4.78, 5) is 0. The van der Waals surface area contributed by atoms with Crippen LogP contribution in [0.15, 0.2) is 0 Å². The maximum absolute atomic E-state index is 12.3. The van der Waals surface area contributed by atoms with Crippen molar-refractivity contribution in [3.63, 3.8) is 0 Å². The fourth-order valence-electron chi connectivity index (χ4n) is 2.76. The monoisotopic (exact) mass is 307 g/mol. The molecule has 112 valence electrons. The van der Waals surface area contributed by atoms with Gasteiger partial charge in [0, 0.05) is 19.6 Å². The number of thioether (sulfide) groups is 1. The van der Waals surface area contributed by atoms with Crippen molar-refractivity contribution in [3.8, 4) is 0 Å². The SMILES string of the molecule is CNCC1CCCN(S(=O)(=O)NCC2CCSC2)C1. The zero-order valence-corrected chi connectivity index (χ0v) is 13.2. The van der Waals surface area contributed by atoms with E-state index in [-0.39, 0.29) is 0 Å². The summed E-state index contributed by atoms with van der Waals surface area (Å²) in [7, 11) is -1.36. The highest BCUT2D eigenvalue weighted by atomic mass is 32.2. The van der Waals surface area contributed by atoms with Crippen LogP contribution in [0.4, 0.5) is 0 Å². The summed E-state index contributed by atoms with van der Waals surface area (Å²) in [6.45, 7) is 2.80. The van der Waals surface area contributed by atoms with E-state index >= 15 is 0 Å². The number of rotatable bonds is 6. The Morgan fingerprint density at radius 1 is 1.26 bits per heavy atom. The molecule has 0 spiro atoms. The van der Waals surface area contributed by atoms with Crippen LogP contribution < -0.4 is 10.0 Å². The zero-order valence-electron chi connectivity index (χ0n) is 11.6. The van der Waals surface area contributed by atoms with E-state index in [9.17, 15) is 8.42 Å². The first kappa shape index (κ1) is 15.6. The Morgan fingerprint density at radius 3 is 2.79 bits per heavy atom. The predicted molar refractivity (Wildman–Crippen MR) is 80.6 cm³/mol. The molecule has 19 heavy (non-hydrogen) atoms. The molecule has 0 aromatic carbocycles. The third-order valence-electron chi connectivity index (χ3n) is 3.89. The van der Waals surface area contributed by atoms with E-state index in [1.807, 2.05) is 18.8 Å². The largest absolute Gasteiger partial charge is 0.319 e. The van der Waals surface area contributed by atoms with Gasteiger partial charge in [0.15, 0.2) is 0 Å². The highest BCUT2D eigenvalue weighted by Gasteiger charge is 2.29. The second-order valence-corrected chi connectivity index (χ2v) is 8.41. The first-order valence-corrected chi connectivity index (χ1v) is 9.68. The van der Waals surface area contributed by atoms with Gasteiger partial charge < -0.3 is 5.32 Å². The highest BCUT2D eigenvalue weighted by molar-refractivity contribution is 7.99. The number of nitrogens with zero attached hydrogens (tertiary/aromatic N) is 1. The van der Waals surface area contributed by atoms with Crippen LogP contribution in [0.2, 0.25) is 0 Å². The lowest BCUT2D eigenvalue weighted by molar-refractivity contribution is 0.260. The molecule has 2 N–H and O–H groups in total. The van der Waals surface area contributed by atoms with Crippen LogP contribution >= 0.6 is 11.8 Å². The molecule has 0 aliphatic carbocycles. The van der Waals surface area contributed by atoms with Crippen LogP contribution in [0.25, 0.3) is 0 Å². The standard InChI is InChI=1S/C12H25N3O2S2/c1-13-7-11-3-2-5-15(9-11)19(16,17)14-8-12-4-6-18-10-12/h11-14H,2-10H2,1H3. The predicted octanol–water partition coefficient (Wildman–Crippen LogP) is 0.505. The first-order valence-electron chi connectivity index (χ1n) is 7.09. The molecule has 0 saturated carbocycles. The van der Waals surface area contributed by atoms with E-state index in [0.717, 1.165) is 31.6 Å². The summed E-state index contributed by atoms with van der Waals surface area (Å²) >= 11 is 1.92. The Balaban J connectivity index is 1.83. The van der Waals surface area contributed by atoms with Crippen molar-refractivity contribution in [1.82, 2.24) is 14.3 Å². The van der Waals surface area contributed by atoms with Crippen LogP contribution in [0.5, 0.6) is 0 Å². The molecule has 0 amide bonds. The molecule has 0 bridgehead atoms. The summed E-state index contributed by atoms with van der Waals surface area (Å²) < 4.78 is 29.0. The van der Waals surface area contributed by atoms with E-state index in [4.69, 9.17) is 0 Å². The summed E-state index contributed by atoms with van der Waals surface area (Å²) in [6.07, 6.45) is 3.22. The Labute approximate surface area is 121 Å². The van der Waals surface area contributed by atoms with Gasteiger partial charge in [-0.2, -0.15) is 24.5 Å². The summed E-state index contributed by atoms with van der Waals surface area (Å²) in [5.41, 5.74) is 0. The molecule has 0 aromatic heterocycles. The molecule has 0 aromatic rings. The van der Waals surface area contributed by atoms with Gasteiger partial charge in [0.25, 0.3) is 10.2 Å². The van der Waals surface area contributed by atoms with Crippen molar-refractivity contribution in [2.45, 2.75) is 19.3 Å². The molecule has 2 saturated heterocycles. The Kier molecular flexibility index (Phi) is 5.95. The molecular weight excluding hydrogens is 282 g/mol. The number of piperidine rings is 1. The van der Waals surface area contributed by atoms with Gasteiger partial charge in [-0.1, -0.05) is 0 Å². The smallest absolute Gasteiger partial charge is 0.279 e. The molecule has 2 atom stereocenters. The molecule has 2 fully saturated rings. The average Bonchev–Trinajstić information content (AvgIpc) is 2.90. The fourth-order valence-corrected chi connectivity index (χ4v) is 5.45. The van der Waals surface area contributed by atoms with Gasteiger partial charge in [-0.3, -0.25) is 0 Å². The average molecular weight is 307 g/mol. The molecule has 0 radical (unpaired) electrons. The first-order chi connectivity index (χ1) is 9.12. The van der Waals surface area contributed by atoms with Crippen molar-refractivity contribution >= 4 is 22.0 Å². The second kappa shape index (κ2) is 7.26. The number of hydrogen-bond acceptors (Lipinski definition) is 4. The Bertz CT molecular complexity index is 367. The van der Waals surface area contributed by atoms with Crippen LogP contribution in [-0.4, -0.2) is 57.5 Å². The summed E-state index contributed by atoms with van der Waals surface area (Å²) in [5.74, 6) is 3.21. The van der Waals surface area contributed by atoms with Crippen molar-refractivity contribution in [2.75, 3.05) is 44.7 Å². The van der Waals surface area contributed by atoms with Crippen molar-refractivity contribution in [3.05, 3.63) is 0 Å². The summed E-state index contributed by atoms with van der Waals surface area (Å²) in [5, 5.41) is 3.14. The van der Waals surface area contributed by atoms with Gasteiger partial charge in [-0.05, 0) is 56.2 Å². The maximum Gasteiger partial charge on any atom is 0.279 e. The third kappa shape index (κ3) is 4.60. The maximum atomic E-state index is 12.3. The minimum atomic E-state index is -3.28. The van der Waals surface area contributed by atoms with E-state index in [1.165, 1.54) is 5.75 Å². The zero-order chi connectivity index (χ0) is 13.7. The van der Waals surface area contributed by atoms with Crippen molar-refractivity contribution in [2.24, 2.45) is 11.8 Å². The minimum Gasteiger partial charge on any atom is -0.319 e. The Hall–Kier alpha value is 0.180. The molecule has 2 unspecified atom stereocenters. The van der Waals surface area contributed by atoms with Crippen molar-refractivity contribution in [1.29, 1.82) is 0 Å². The second-order valence-electron chi connectivity index (χ2n) is 5.51. The highest BCUT2D eigenvalue weighted by Crippen LogP contribution is 2.23. The van der Waals surface area contributed by atoms with Crippen LogP contribution in [0.3, 0.4) is 0 Å². The molecule has 2 rings (SSSR count). The van der Waals surface area contributed by atoms with Gasteiger partial charge >= 0.3 is 0 Å². The van der Waals surface area contributed by atoms with Crippen molar-refractivity contribution < 1.29 is 8.42 Å². The fraction of sp³-hybridized carbons (Fsp3) is 1.00. The number of nitrogens with one attached hydrogen (secondary N) is 2. The van der Waals surface area contributed by atoms with E-state index in [0.29, 0.717) is 31.5 Å². The molecule has 2 aliphatic rings. The molecule has 5 nitrogen and oxygen atoms in total. The minimum absolute atomic E-state index is 0.442. The van der Waals surface area contributed by atoms with E-state index in [1.54, 1.807) is 4.31 Å². The lowest BCUT2D eigenvalue weighted by atomic mass is 10.00. The summed E-state index contributed by atoms with van der Waals surface area (Å²) in [6, 6.07) is 0. The van der Waals surface area contributed by atoms with E-state index in [2.05, 4.69) is 10.0 Å². The lowest BCUT2D eigenvalue weighted by Gasteiger charge is -2.32.